The maximum atomic E-state index is 12.4. The van der Waals surface area contributed by atoms with Crippen LogP contribution in [0.3, 0.4) is 0 Å². The lowest BCUT2D eigenvalue weighted by molar-refractivity contribution is 0.0600. The van der Waals surface area contributed by atoms with Crippen molar-refractivity contribution < 1.29 is 27.5 Å². The van der Waals surface area contributed by atoms with Crippen molar-refractivity contribution in [3.63, 3.8) is 0 Å². The molecule has 29 heavy (non-hydrogen) atoms. The average Bonchev–Trinajstić information content (AvgIpc) is 3.26. The van der Waals surface area contributed by atoms with Gasteiger partial charge in [-0.2, -0.15) is 0 Å². The molecule has 1 heterocycles. The van der Waals surface area contributed by atoms with Crippen LogP contribution < -0.4 is 10.0 Å². The van der Waals surface area contributed by atoms with E-state index in [1.54, 1.807) is 12.1 Å². The van der Waals surface area contributed by atoms with E-state index in [0.717, 1.165) is 12.8 Å². The molecule has 0 radical (unpaired) electrons. The summed E-state index contributed by atoms with van der Waals surface area (Å²) >= 11 is 0. The lowest BCUT2D eigenvalue weighted by Gasteiger charge is -2.12. The highest BCUT2D eigenvalue weighted by Crippen LogP contribution is 2.16. The minimum Gasteiger partial charge on any atom is -0.465 e. The Kier molecular flexibility index (Phi) is 6.63. The van der Waals surface area contributed by atoms with Gasteiger partial charge in [-0.05, 0) is 61.4 Å². The zero-order chi connectivity index (χ0) is 20.9. The van der Waals surface area contributed by atoms with Gasteiger partial charge in [0.2, 0.25) is 10.0 Å². The number of hydrogen-bond acceptors (Lipinski definition) is 6. The molecule has 1 aliphatic rings. The number of benzene rings is 2. The second-order valence-electron chi connectivity index (χ2n) is 6.53. The van der Waals surface area contributed by atoms with Crippen LogP contribution in [0.2, 0.25) is 0 Å². The predicted octanol–water partition coefficient (Wildman–Crippen LogP) is 2.18. The smallest absolute Gasteiger partial charge is 0.337 e. The minimum absolute atomic E-state index is 0.0782. The number of ether oxygens (including phenoxy) is 2. The predicted molar refractivity (Wildman–Crippen MR) is 106 cm³/mol. The third-order valence-corrected chi connectivity index (χ3v) is 5.96. The molecule has 3 rings (SSSR count). The molecule has 0 aliphatic carbocycles. The van der Waals surface area contributed by atoms with E-state index >= 15 is 0 Å². The standard InChI is InChI=1S/C20H22N2O6S/c1-27-20(24)15-4-8-16(9-5-15)22-19(23)14-6-10-18(11-7-14)29(25,26)21-13-17-3-2-12-28-17/h4-11,17,21H,2-3,12-13H2,1H3,(H,22,23). The van der Waals surface area contributed by atoms with Crippen LogP contribution in [0, 0.1) is 0 Å². The Balaban J connectivity index is 1.61. The molecule has 154 valence electrons. The minimum atomic E-state index is -3.67. The van der Waals surface area contributed by atoms with Crippen LogP contribution in [0.25, 0.3) is 0 Å². The molecule has 1 unspecified atom stereocenters. The second-order valence-corrected chi connectivity index (χ2v) is 8.30. The first-order valence-corrected chi connectivity index (χ1v) is 10.6. The molecule has 1 aliphatic heterocycles. The number of nitrogens with one attached hydrogen (secondary N) is 2. The van der Waals surface area contributed by atoms with Gasteiger partial charge < -0.3 is 14.8 Å². The quantitative estimate of drug-likeness (QED) is 0.667. The van der Waals surface area contributed by atoms with Crippen molar-refractivity contribution in [1.29, 1.82) is 0 Å². The highest BCUT2D eigenvalue weighted by Gasteiger charge is 2.20. The normalized spacial score (nSPS) is 16.4. The largest absolute Gasteiger partial charge is 0.465 e. The number of amides is 1. The molecule has 1 atom stereocenters. The van der Waals surface area contributed by atoms with Crippen LogP contribution in [-0.2, 0) is 19.5 Å². The molecular weight excluding hydrogens is 396 g/mol. The van der Waals surface area contributed by atoms with Gasteiger partial charge in [0.1, 0.15) is 0 Å². The van der Waals surface area contributed by atoms with Crippen molar-refractivity contribution in [2.75, 3.05) is 25.6 Å². The van der Waals surface area contributed by atoms with Gasteiger partial charge in [-0.3, -0.25) is 4.79 Å². The Morgan fingerprint density at radius 2 is 1.72 bits per heavy atom. The number of esters is 1. The molecule has 0 saturated carbocycles. The van der Waals surface area contributed by atoms with E-state index in [2.05, 4.69) is 14.8 Å². The summed E-state index contributed by atoms with van der Waals surface area (Å²) in [5.74, 6) is -0.861. The summed E-state index contributed by atoms with van der Waals surface area (Å²) in [6, 6.07) is 11.9. The van der Waals surface area contributed by atoms with E-state index in [1.807, 2.05) is 0 Å². The first-order chi connectivity index (χ1) is 13.9. The Labute approximate surface area is 169 Å². The topological polar surface area (TPSA) is 111 Å². The lowest BCUT2D eigenvalue weighted by Crippen LogP contribution is -2.31. The fourth-order valence-corrected chi connectivity index (χ4v) is 3.95. The molecule has 2 N–H and O–H groups in total. The van der Waals surface area contributed by atoms with E-state index in [9.17, 15) is 18.0 Å². The van der Waals surface area contributed by atoms with Gasteiger partial charge in [-0.1, -0.05) is 0 Å². The molecule has 0 bridgehead atoms. The highest BCUT2D eigenvalue weighted by molar-refractivity contribution is 7.89. The fraction of sp³-hybridized carbons (Fsp3) is 0.300. The third kappa shape index (κ3) is 5.41. The summed E-state index contributed by atoms with van der Waals surface area (Å²) in [5, 5.41) is 2.69. The first kappa shape index (κ1) is 21.0. The van der Waals surface area contributed by atoms with Crippen molar-refractivity contribution in [3.05, 3.63) is 59.7 Å². The molecule has 0 spiro atoms. The van der Waals surface area contributed by atoms with Gasteiger partial charge >= 0.3 is 5.97 Å². The van der Waals surface area contributed by atoms with E-state index < -0.39 is 21.9 Å². The Morgan fingerprint density at radius 1 is 1.07 bits per heavy atom. The molecule has 1 fully saturated rings. The molecule has 8 nitrogen and oxygen atoms in total. The molecular formula is C20H22N2O6S. The Hall–Kier alpha value is -2.75. The van der Waals surface area contributed by atoms with Gasteiger partial charge in [0.15, 0.2) is 0 Å². The second kappa shape index (κ2) is 9.17. The van der Waals surface area contributed by atoms with E-state index in [0.29, 0.717) is 23.4 Å². The summed E-state index contributed by atoms with van der Waals surface area (Å²) in [7, 11) is -2.38. The van der Waals surface area contributed by atoms with Crippen LogP contribution in [0.4, 0.5) is 5.69 Å². The van der Waals surface area contributed by atoms with Crippen LogP contribution in [-0.4, -0.2) is 46.7 Å². The van der Waals surface area contributed by atoms with Gasteiger partial charge in [0.25, 0.3) is 5.91 Å². The van der Waals surface area contributed by atoms with Crippen molar-refractivity contribution in [3.8, 4) is 0 Å². The van der Waals surface area contributed by atoms with E-state index in [4.69, 9.17) is 4.74 Å². The van der Waals surface area contributed by atoms with Crippen molar-refractivity contribution in [1.82, 2.24) is 4.72 Å². The number of rotatable bonds is 7. The van der Waals surface area contributed by atoms with Crippen molar-refractivity contribution in [2.24, 2.45) is 0 Å². The number of anilines is 1. The summed E-state index contributed by atoms with van der Waals surface area (Å²) in [5.41, 5.74) is 1.17. The molecule has 1 amide bonds. The number of carbonyl (C=O) groups is 2. The number of carbonyl (C=O) groups excluding carboxylic acids is 2. The zero-order valence-corrected chi connectivity index (χ0v) is 16.7. The maximum Gasteiger partial charge on any atom is 0.337 e. The van der Waals surface area contributed by atoms with E-state index in [-0.39, 0.29) is 17.5 Å². The van der Waals surface area contributed by atoms with E-state index in [1.165, 1.54) is 43.5 Å². The monoisotopic (exact) mass is 418 g/mol. The van der Waals surface area contributed by atoms with Crippen LogP contribution in [0.5, 0.6) is 0 Å². The highest BCUT2D eigenvalue weighted by atomic mass is 32.2. The number of sulfonamides is 1. The fourth-order valence-electron chi connectivity index (χ4n) is 2.89. The summed E-state index contributed by atoms with van der Waals surface area (Å²) < 4.78 is 37.3. The van der Waals surface area contributed by atoms with Crippen molar-refractivity contribution in [2.45, 2.75) is 23.8 Å². The van der Waals surface area contributed by atoms with Gasteiger partial charge in [-0.25, -0.2) is 17.9 Å². The number of methoxy groups -OCH3 is 1. The number of hydrogen-bond donors (Lipinski definition) is 2. The summed E-state index contributed by atoms with van der Waals surface area (Å²) in [6.07, 6.45) is 1.67. The maximum absolute atomic E-state index is 12.4. The Morgan fingerprint density at radius 3 is 2.31 bits per heavy atom. The molecule has 0 aromatic heterocycles. The van der Waals surface area contributed by atoms with Gasteiger partial charge in [0.05, 0.1) is 23.7 Å². The summed E-state index contributed by atoms with van der Waals surface area (Å²) in [4.78, 5) is 23.9. The van der Waals surface area contributed by atoms with Crippen molar-refractivity contribution >= 4 is 27.6 Å². The molecule has 2 aromatic carbocycles. The third-order valence-electron chi connectivity index (χ3n) is 4.52. The lowest BCUT2D eigenvalue weighted by atomic mass is 10.2. The van der Waals surface area contributed by atoms with Crippen LogP contribution in [0.15, 0.2) is 53.4 Å². The average molecular weight is 418 g/mol. The summed E-state index contributed by atoms with van der Waals surface area (Å²) in [6.45, 7) is 0.883. The first-order valence-electron chi connectivity index (χ1n) is 9.10. The molecule has 1 saturated heterocycles. The SMILES string of the molecule is COC(=O)c1ccc(NC(=O)c2ccc(S(=O)(=O)NCC3CCCO3)cc2)cc1. The van der Waals surface area contributed by atoms with Crippen LogP contribution in [0.1, 0.15) is 33.6 Å². The van der Waals surface area contributed by atoms with Gasteiger partial charge in [0, 0.05) is 24.4 Å². The zero-order valence-electron chi connectivity index (χ0n) is 15.9. The van der Waals surface area contributed by atoms with Gasteiger partial charge in [-0.15, -0.1) is 0 Å². The Bertz CT molecular complexity index is 965. The molecule has 2 aromatic rings. The van der Waals surface area contributed by atoms with Crippen LogP contribution >= 0.6 is 0 Å². The molecule has 9 heteroatoms.